The molecular formula is C3H25Ba2Ca4FMgO17S2. The van der Waals surface area contributed by atoms with Crippen molar-refractivity contribution in [3.8, 4) is 0 Å². The van der Waals surface area contributed by atoms with Crippen LogP contribution in [0.3, 0.4) is 0 Å². The average molecular weight is 876 g/mol. The van der Waals surface area contributed by atoms with Crippen molar-refractivity contribution in [2.45, 2.75) is 0 Å². The maximum atomic E-state index is 8.74. The Hall–Kier alpha value is 6.43. The fourth-order valence-corrected chi connectivity index (χ4v) is 0. The Morgan fingerprint density at radius 3 is 0.467 bits per heavy atom. The van der Waals surface area contributed by atoms with Crippen molar-refractivity contribution in [3.05, 3.63) is 0 Å². The summed E-state index contributed by atoms with van der Waals surface area (Å²) in [4.78, 5) is 25.7. The fraction of sp³-hybridized carbons (Fsp3) is 0. The Labute approximate surface area is 385 Å². The van der Waals surface area contributed by atoms with E-state index < -0.39 is 39.3 Å². The molecule has 0 heterocycles. The average Bonchev–Trinajstić information content (AvgIpc) is 1.88. The van der Waals surface area contributed by atoms with Gasteiger partial charge in [-0.2, -0.15) is 16.8 Å². The zero-order valence-electron chi connectivity index (χ0n) is 10.1. The van der Waals surface area contributed by atoms with Gasteiger partial charge in [0.05, 0.1) is 0 Å². The van der Waals surface area contributed by atoms with E-state index in [1.54, 1.807) is 0 Å². The maximum Gasteiger partial charge on any atom is 0.316 e. The number of hydrogen-bond acceptors (Lipinski definition) is 7. The molecule has 0 bridgehead atoms. The normalized spacial score (nSPS) is 6.27. The smallest absolute Gasteiger partial charge is 0.316 e. The molecule has 0 unspecified atom stereocenters. The molecule has 0 atom stereocenters. The number of carbonyl (C=O) groups is 3. The first-order valence-corrected chi connectivity index (χ1v) is 6.14. The van der Waals surface area contributed by atoms with E-state index in [1.807, 2.05) is 0 Å². The molecule has 0 radical (unpaired) electrons. The van der Waals surface area contributed by atoms with E-state index in [2.05, 4.69) is 0 Å². The Morgan fingerprint density at radius 1 is 0.467 bits per heavy atom. The molecule has 0 aromatic heterocycles. The van der Waals surface area contributed by atoms with Gasteiger partial charge in [-0.3, -0.25) is 22.9 Å². The number of hydrogen-bond donors (Lipinski definition) is 10. The Kier molecular flexibility index (Phi) is 155. The summed E-state index contributed by atoms with van der Waals surface area (Å²) in [5.74, 6) is 0. The number of halogens is 1. The van der Waals surface area contributed by atoms with Crippen LogP contribution in [-0.2, 0) is 20.8 Å². The minimum absolute atomic E-state index is 0. The van der Waals surface area contributed by atoms with Gasteiger partial charge in [0, 0.05) is 0 Å². The summed E-state index contributed by atoms with van der Waals surface area (Å²) < 4.78 is 63.2. The van der Waals surface area contributed by atoms with Gasteiger partial charge in [0.2, 0.25) is 0 Å². The first-order chi connectivity index (χ1) is 9.20. The van der Waals surface area contributed by atoms with Crippen LogP contribution in [0.5, 0.6) is 0 Å². The van der Waals surface area contributed by atoms with Gasteiger partial charge in [-0.25, -0.2) is 14.4 Å². The summed E-state index contributed by atoms with van der Waals surface area (Å²) in [6, 6.07) is 0. The summed E-state index contributed by atoms with van der Waals surface area (Å²) >= 11 is 0. The van der Waals surface area contributed by atoms with Crippen molar-refractivity contribution in [2.75, 3.05) is 0 Å². The van der Waals surface area contributed by atoms with E-state index >= 15 is 0 Å². The summed E-state index contributed by atoms with van der Waals surface area (Å²) in [7, 11) is -9.33. The predicted octanol–water partition coefficient (Wildman–Crippen LogP) is -6.90. The summed E-state index contributed by atoms with van der Waals surface area (Å²) in [6.45, 7) is 0. The molecule has 0 aromatic rings. The van der Waals surface area contributed by atoms with Crippen molar-refractivity contribution in [1.82, 2.24) is 0 Å². The van der Waals surface area contributed by atoms with Crippen molar-refractivity contribution in [1.29, 1.82) is 0 Å². The minimum Gasteiger partial charge on any atom is 0.316 e. The Balaban J connectivity index is -0.0000000103. The molecule has 0 saturated carbocycles. The van der Waals surface area contributed by atoms with Crippen LogP contribution in [0.2, 0.25) is 0 Å². The Morgan fingerprint density at radius 2 is 0.467 bits per heavy atom. The standard InChI is InChI=1S/3CH2O3.2Ba.4Ca.FH.Mg.2H2O4S.14H/c3*2-1(3)4;;;;;;;;;2*1-5(2,3)4;;;;;;;;;;;;;;/h3*(H2,2,3,4);;;;;;;1H;;2*(H2,1,2,3,4);;;;;;;;;;;;;;. The molecule has 0 saturated heterocycles. The van der Waals surface area contributed by atoms with Gasteiger partial charge in [0.15, 0.2) is 0 Å². The van der Waals surface area contributed by atoms with Gasteiger partial charge in [0.1, 0.15) is 0 Å². The van der Waals surface area contributed by atoms with Gasteiger partial charge < -0.3 is 30.6 Å². The molecule has 27 heteroatoms. The third kappa shape index (κ3) is 931. The van der Waals surface area contributed by atoms with E-state index in [0.717, 1.165) is 0 Å². The van der Waals surface area contributed by atoms with Crippen molar-refractivity contribution < 1.29 is 84.8 Å². The minimum atomic E-state index is -4.67. The first kappa shape index (κ1) is 83.3. The fourth-order valence-electron chi connectivity index (χ4n) is 0. The SMILES string of the molecule is F.O=C(O)O.O=C(O)O.O=C(O)O.O=S(=O)(O)O.O=S(=O)(O)O.[BaH2].[BaH2].[CaH2].[CaH2].[CaH2].[CaH2].[MgH2]. The van der Waals surface area contributed by atoms with E-state index in [-0.39, 0.29) is 276 Å². The second kappa shape index (κ2) is 55.8. The quantitative estimate of drug-likeness (QED) is 0.0799. The summed E-state index contributed by atoms with van der Waals surface area (Å²) in [6.07, 6.45) is -5.50. The Bertz CT molecular complexity index is 447. The summed E-state index contributed by atoms with van der Waals surface area (Å²) in [5, 5.41) is 41.8. The van der Waals surface area contributed by atoms with Gasteiger partial charge in [-0.1, -0.05) is 0 Å². The molecule has 0 aliphatic carbocycles. The molecule has 0 aromatic carbocycles. The molecule has 0 rings (SSSR count). The number of carboxylic acid groups (broad SMARTS) is 6. The van der Waals surface area contributed by atoms with Crippen molar-refractivity contribution in [3.63, 3.8) is 0 Å². The largest absolute Gasteiger partial charge is 0.316 e. The van der Waals surface area contributed by atoms with Crippen LogP contribution >= 0.6 is 0 Å². The van der Waals surface area contributed by atoms with Gasteiger partial charge in [-0.05, 0) is 0 Å². The molecule has 0 spiro atoms. The molecule has 172 valence electrons. The van der Waals surface area contributed by atoms with E-state index in [4.69, 9.17) is 80.1 Å². The van der Waals surface area contributed by atoms with Crippen molar-refractivity contribution >= 4 is 311 Å². The zero-order chi connectivity index (χ0) is 19.7. The second-order valence-electron chi connectivity index (χ2n) is 1.74. The van der Waals surface area contributed by atoms with Crippen molar-refractivity contribution in [2.24, 2.45) is 0 Å². The summed E-state index contributed by atoms with van der Waals surface area (Å²) in [5.41, 5.74) is 0. The molecular weight excluding hydrogens is 850 g/mol. The van der Waals surface area contributed by atoms with Crippen LogP contribution in [0.15, 0.2) is 0 Å². The molecule has 10 N–H and O–H groups in total. The van der Waals surface area contributed by atoms with Crippen LogP contribution in [0.1, 0.15) is 0 Å². The zero-order valence-corrected chi connectivity index (χ0v) is 11.7. The van der Waals surface area contributed by atoms with E-state index in [1.165, 1.54) is 0 Å². The van der Waals surface area contributed by atoms with Crippen LogP contribution < -0.4 is 0 Å². The maximum absolute atomic E-state index is 8.74. The van der Waals surface area contributed by atoms with Gasteiger partial charge >= 0.3 is 311 Å². The molecule has 30 heavy (non-hydrogen) atoms. The van der Waals surface area contributed by atoms with Gasteiger partial charge in [-0.15, -0.1) is 0 Å². The molecule has 0 amide bonds. The monoisotopic (exact) mass is 876 g/mol. The van der Waals surface area contributed by atoms with Crippen LogP contribution in [-0.4, -0.2) is 356 Å². The topological polar surface area (TPSA) is 322 Å². The van der Waals surface area contributed by atoms with E-state index in [9.17, 15) is 0 Å². The number of rotatable bonds is 0. The van der Waals surface area contributed by atoms with E-state index in [0.29, 0.717) is 0 Å². The second-order valence-corrected chi connectivity index (χ2v) is 3.53. The predicted molar refractivity (Wildman–Crippen MR) is 123 cm³/mol. The third-order valence-electron chi connectivity index (χ3n) is 0. The van der Waals surface area contributed by atoms with Crippen LogP contribution in [0.4, 0.5) is 19.1 Å². The molecule has 17 nitrogen and oxygen atoms in total. The van der Waals surface area contributed by atoms with Crippen LogP contribution in [0.25, 0.3) is 0 Å². The third-order valence-corrected chi connectivity index (χ3v) is 0. The molecule has 0 fully saturated rings. The molecule has 0 aliphatic heterocycles. The van der Waals surface area contributed by atoms with Crippen LogP contribution in [0, 0.1) is 0 Å². The molecule has 0 aliphatic rings. The first-order valence-electron chi connectivity index (χ1n) is 3.35. The van der Waals surface area contributed by atoms with Gasteiger partial charge in [0.25, 0.3) is 0 Å².